The lowest BCUT2D eigenvalue weighted by molar-refractivity contribution is -0.384. The maximum Gasteiger partial charge on any atom is 0.300 e. The van der Waals surface area contributed by atoms with E-state index in [2.05, 4.69) is 4.72 Å². The maximum absolute atomic E-state index is 12.0. The fourth-order valence-electron chi connectivity index (χ4n) is 1.49. The van der Waals surface area contributed by atoms with Crippen LogP contribution in [0.15, 0.2) is 34.8 Å². The minimum Gasteiger partial charge on any atom is -0.353 e. The first-order valence-corrected chi connectivity index (χ1v) is 8.12. The van der Waals surface area contributed by atoms with Crippen LogP contribution in [0.1, 0.15) is 0 Å². The third-order valence-corrected chi connectivity index (χ3v) is 5.71. The smallest absolute Gasteiger partial charge is 0.300 e. The number of sulfonamides is 1. The highest BCUT2D eigenvalue weighted by Gasteiger charge is 2.24. The molecule has 0 saturated heterocycles. The Morgan fingerprint density at radius 3 is 2.60 bits per heavy atom. The molecule has 0 unspecified atom stereocenters. The zero-order valence-electron chi connectivity index (χ0n) is 10.0. The molecule has 20 heavy (non-hydrogen) atoms. The lowest BCUT2D eigenvalue weighted by Crippen LogP contribution is -2.26. The van der Waals surface area contributed by atoms with E-state index in [0.717, 1.165) is 6.07 Å². The van der Waals surface area contributed by atoms with Crippen molar-refractivity contribution in [3.05, 3.63) is 45.0 Å². The van der Waals surface area contributed by atoms with Gasteiger partial charge in [-0.05, 0) is 12.1 Å². The Kier molecular flexibility index (Phi) is 4.43. The number of thiophene rings is 1. The molecule has 0 aromatic carbocycles. The van der Waals surface area contributed by atoms with Gasteiger partial charge < -0.3 is 4.57 Å². The van der Waals surface area contributed by atoms with Gasteiger partial charge in [-0.2, -0.15) is 0 Å². The molecule has 0 aliphatic carbocycles. The highest BCUT2D eigenvalue weighted by atomic mass is 35.5. The monoisotopic (exact) mass is 335 g/mol. The van der Waals surface area contributed by atoms with Gasteiger partial charge in [0.05, 0.1) is 4.92 Å². The van der Waals surface area contributed by atoms with Crippen molar-refractivity contribution in [2.24, 2.45) is 0 Å². The van der Waals surface area contributed by atoms with Crippen LogP contribution in [0.5, 0.6) is 0 Å². The maximum atomic E-state index is 12.0. The van der Waals surface area contributed by atoms with Gasteiger partial charge in [0.15, 0.2) is 4.34 Å². The van der Waals surface area contributed by atoms with Crippen LogP contribution in [-0.2, 0) is 16.6 Å². The van der Waals surface area contributed by atoms with Crippen LogP contribution in [0.2, 0.25) is 4.34 Å². The van der Waals surface area contributed by atoms with Crippen molar-refractivity contribution in [1.82, 2.24) is 9.29 Å². The molecule has 7 nitrogen and oxygen atoms in total. The molecule has 1 N–H and O–H groups in total. The van der Waals surface area contributed by atoms with Crippen LogP contribution < -0.4 is 4.72 Å². The summed E-state index contributed by atoms with van der Waals surface area (Å²) in [6.07, 6.45) is 3.61. The second-order valence-electron chi connectivity index (χ2n) is 3.80. The van der Waals surface area contributed by atoms with Gasteiger partial charge in [-0.25, -0.2) is 13.1 Å². The molecule has 2 aromatic rings. The highest BCUT2D eigenvalue weighted by Crippen LogP contribution is 2.35. The van der Waals surface area contributed by atoms with E-state index < -0.39 is 20.6 Å². The van der Waals surface area contributed by atoms with E-state index in [1.807, 2.05) is 16.7 Å². The average molecular weight is 336 g/mol. The first-order valence-electron chi connectivity index (χ1n) is 5.44. The second-order valence-corrected chi connectivity index (χ2v) is 7.45. The van der Waals surface area contributed by atoms with E-state index in [9.17, 15) is 18.5 Å². The predicted molar refractivity (Wildman–Crippen MR) is 75.6 cm³/mol. The van der Waals surface area contributed by atoms with Crippen molar-refractivity contribution in [2.75, 3.05) is 6.54 Å². The Morgan fingerprint density at radius 1 is 1.40 bits per heavy atom. The van der Waals surface area contributed by atoms with E-state index in [4.69, 9.17) is 11.6 Å². The molecule has 0 atom stereocenters. The van der Waals surface area contributed by atoms with E-state index in [1.165, 1.54) is 0 Å². The zero-order chi connectivity index (χ0) is 14.8. The van der Waals surface area contributed by atoms with Crippen LogP contribution in [0.25, 0.3) is 0 Å². The number of rotatable bonds is 6. The summed E-state index contributed by atoms with van der Waals surface area (Å²) in [5, 5.41) is 10.6. The summed E-state index contributed by atoms with van der Waals surface area (Å²) in [4.78, 5) is 9.93. The van der Waals surface area contributed by atoms with Crippen LogP contribution in [0.3, 0.4) is 0 Å². The predicted octanol–water partition coefficient (Wildman–Crippen LogP) is 2.09. The fourth-order valence-corrected chi connectivity index (χ4v) is 4.22. The molecule has 2 heterocycles. The number of nitro groups is 1. The van der Waals surface area contributed by atoms with Crippen LogP contribution in [0.4, 0.5) is 5.69 Å². The van der Waals surface area contributed by atoms with Gasteiger partial charge in [-0.3, -0.25) is 10.1 Å². The minimum absolute atomic E-state index is 0.152. The third kappa shape index (κ3) is 3.37. The molecule has 0 radical (unpaired) electrons. The molecular formula is C10H10ClN3O4S2. The summed E-state index contributed by atoms with van der Waals surface area (Å²) in [6, 6.07) is 4.62. The van der Waals surface area contributed by atoms with Crippen molar-refractivity contribution in [1.29, 1.82) is 0 Å². The summed E-state index contributed by atoms with van der Waals surface area (Å²) in [6.45, 7) is 0.647. The van der Waals surface area contributed by atoms with E-state index in [-0.39, 0.29) is 15.1 Å². The molecular weight excluding hydrogens is 326 g/mol. The topological polar surface area (TPSA) is 94.2 Å². The summed E-state index contributed by atoms with van der Waals surface area (Å²) in [5.41, 5.74) is -0.401. The average Bonchev–Trinajstić information content (AvgIpc) is 2.98. The largest absolute Gasteiger partial charge is 0.353 e. The first kappa shape index (κ1) is 15.0. The lowest BCUT2D eigenvalue weighted by atomic mass is 10.6. The van der Waals surface area contributed by atoms with Crippen LogP contribution >= 0.6 is 22.9 Å². The van der Waals surface area contributed by atoms with Gasteiger partial charge >= 0.3 is 0 Å². The Hall–Kier alpha value is -1.42. The number of hydrogen-bond acceptors (Lipinski definition) is 5. The van der Waals surface area contributed by atoms with Gasteiger partial charge in [0.2, 0.25) is 10.0 Å². The van der Waals surface area contributed by atoms with Crippen LogP contribution in [0, 0.1) is 10.1 Å². The van der Waals surface area contributed by atoms with Crippen molar-refractivity contribution in [3.8, 4) is 0 Å². The molecule has 0 fully saturated rings. The number of aromatic nitrogens is 1. The van der Waals surface area contributed by atoms with Crippen molar-refractivity contribution < 1.29 is 13.3 Å². The van der Waals surface area contributed by atoms with E-state index in [0.29, 0.717) is 17.9 Å². The third-order valence-electron chi connectivity index (χ3n) is 2.44. The van der Waals surface area contributed by atoms with Gasteiger partial charge in [0, 0.05) is 31.5 Å². The summed E-state index contributed by atoms with van der Waals surface area (Å²) < 4.78 is 27.8. The molecule has 2 rings (SSSR count). The molecule has 10 heteroatoms. The molecule has 0 saturated carbocycles. The van der Waals surface area contributed by atoms with Crippen molar-refractivity contribution in [2.45, 2.75) is 10.8 Å². The summed E-state index contributed by atoms with van der Waals surface area (Å²) in [5.74, 6) is 0. The summed E-state index contributed by atoms with van der Waals surface area (Å²) >= 11 is 6.31. The molecule has 108 valence electrons. The molecule has 0 aliphatic rings. The van der Waals surface area contributed by atoms with Crippen molar-refractivity contribution in [3.63, 3.8) is 0 Å². The Morgan fingerprint density at radius 2 is 2.05 bits per heavy atom. The molecule has 0 aliphatic heterocycles. The Labute approximate surface area is 124 Å². The molecule has 2 aromatic heterocycles. The number of nitrogens with one attached hydrogen (secondary N) is 1. The normalized spacial score (nSPS) is 11.7. The Bertz CT molecular complexity index is 709. The van der Waals surface area contributed by atoms with Gasteiger partial charge in [0.1, 0.15) is 4.21 Å². The van der Waals surface area contributed by atoms with Crippen LogP contribution in [-0.4, -0.2) is 24.5 Å². The molecule has 0 bridgehead atoms. The number of halogens is 1. The number of hydrogen-bond donors (Lipinski definition) is 1. The zero-order valence-corrected chi connectivity index (χ0v) is 12.4. The lowest BCUT2D eigenvalue weighted by Gasteiger charge is -2.05. The summed E-state index contributed by atoms with van der Waals surface area (Å²) in [7, 11) is -3.78. The SMILES string of the molecule is O=[N+]([O-])c1cc(S(=O)(=O)NCCn2cccc2)sc1Cl. The van der Waals surface area contributed by atoms with E-state index >= 15 is 0 Å². The standard InChI is InChI=1S/C10H10ClN3O4S2/c11-10-8(14(15)16)7-9(19-10)20(17,18)12-3-6-13-4-1-2-5-13/h1-2,4-5,7,12H,3,6H2. The highest BCUT2D eigenvalue weighted by molar-refractivity contribution is 7.91. The van der Waals surface area contributed by atoms with E-state index in [1.54, 1.807) is 12.4 Å². The molecule has 0 spiro atoms. The fraction of sp³-hybridized carbons (Fsp3) is 0.200. The number of nitrogens with zero attached hydrogens (tertiary/aromatic N) is 2. The first-order chi connectivity index (χ1) is 9.40. The quantitative estimate of drug-likeness (QED) is 0.646. The molecule has 0 amide bonds. The van der Waals surface area contributed by atoms with Gasteiger partial charge in [-0.15, -0.1) is 11.3 Å². The van der Waals surface area contributed by atoms with Crippen molar-refractivity contribution >= 4 is 38.6 Å². The minimum atomic E-state index is -3.78. The van der Waals surface area contributed by atoms with Gasteiger partial charge in [0.25, 0.3) is 5.69 Å². The van der Waals surface area contributed by atoms with Gasteiger partial charge in [-0.1, -0.05) is 11.6 Å². The second kappa shape index (κ2) is 5.92. The Balaban J connectivity index is 2.06.